The summed E-state index contributed by atoms with van der Waals surface area (Å²) >= 11 is 2.97. The average molecular weight is 462 g/mol. The lowest BCUT2D eigenvalue weighted by molar-refractivity contribution is 0.356. The van der Waals surface area contributed by atoms with Crippen molar-refractivity contribution >= 4 is 32.9 Å². The summed E-state index contributed by atoms with van der Waals surface area (Å²) in [6.07, 6.45) is 1.59. The second-order valence-corrected chi connectivity index (χ2v) is 8.96. The van der Waals surface area contributed by atoms with Crippen molar-refractivity contribution in [3.8, 4) is 32.5 Å². The lowest BCUT2D eigenvalue weighted by Crippen LogP contribution is -2.20. The molecule has 0 aliphatic rings. The van der Waals surface area contributed by atoms with Crippen molar-refractivity contribution in [2.24, 2.45) is 0 Å². The van der Waals surface area contributed by atoms with Gasteiger partial charge in [0.2, 0.25) is 0 Å². The molecule has 32 heavy (non-hydrogen) atoms. The van der Waals surface area contributed by atoms with Gasteiger partial charge in [0.25, 0.3) is 5.56 Å². The Bertz CT molecular complexity index is 1450. The largest absolute Gasteiger partial charge is 0.493 e. The third-order valence-corrected chi connectivity index (χ3v) is 7.17. The quantitative estimate of drug-likeness (QED) is 0.343. The van der Waals surface area contributed by atoms with Crippen LogP contribution in [0.3, 0.4) is 0 Å². The number of ether oxygens (including phenoxy) is 2. The number of thiazole rings is 1. The topological polar surface area (TPSA) is 66.2 Å². The normalized spacial score (nSPS) is 11.1. The molecule has 0 amide bonds. The molecular formula is C24H19N3O3S2. The summed E-state index contributed by atoms with van der Waals surface area (Å²) < 4.78 is 13.2. The van der Waals surface area contributed by atoms with Gasteiger partial charge < -0.3 is 9.47 Å². The molecule has 0 radical (unpaired) electrons. The van der Waals surface area contributed by atoms with Gasteiger partial charge in [-0.1, -0.05) is 36.4 Å². The van der Waals surface area contributed by atoms with E-state index < -0.39 is 0 Å². The fraction of sp³-hybridized carbons (Fsp3) is 0.125. The van der Waals surface area contributed by atoms with Crippen LogP contribution in [0.15, 0.2) is 71.1 Å². The smallest absolute Gasteiger partial charge is 0.271 e. The number of nitrogens with zero attached hydrogens (tertiary/aromatic N) is 3. The molecule has 0 aliphatic carbocycles. The minimum absolute atomic E-state index is 0.0595. The second kappa shape index (κ2) is 8.57. The monoisotopic (exact) mass is 461 g/mol. The van der Waals surface area contributed by atoms with Gasteiger partial charge in [-0.05, 0) is 23.8 Å². The van der Waals surface area contributed by atoms with Gasteiger partial charge in [0.15, 0.2) is 11.5 Å². The molecule has 0 saturated carbocycles. The van der Waals surface area contributed by atoms with E-state index in [2.05, 4.69) is 4.98 Å². The van der Waals surface area contributed by atoms with Crippen molar-refractivity contribution in [1.82, 2.24) is 14.5 Å². The number of hydrogen-bond donors (Lipinski definition) is 0. The van der Waals surface area contributed by atoms with Gasteiger partial charge in [0.1, 0.15) is 9.71 Å². The number of hydrogen-bond acceptors (Lipinski definition) is 7. The third kappa shape index (κ3) is 3.68. The van der Waals surface area contributed by atoms with Crippen molar-refractivity contribution in [3.63, 3.8) is 0 Å². The summed E-state index contributed by atoms with van der Waals surface area (Å²) in [6, 6.07) is 17.7. The summed E-state index contributed by atoms with van der Waals surface area (Å²) in [4.78, 5) is 23.4. The van der Waals surface area contributed by atoms with Crippen LogP contribution in [0.2, 0.25) is 0 Å². The highest BCUT2D eigenvalue weighted by Crippen LogP contribution is 2.39. The highest BCUT2D eigenvalue weighted by molar-refractivity contribution is 7.22. The average Bonchev–Trinajstić information content (AvgIpc) is 3.48. The molecule has 3 heterocycles. The Hall–Kier alpha value is -3.49. The van der Waals surface area contributed by atoms with E-state index in [1.165, 1.54) is 22.7 Å². The number of methoxy groups -OCH3 is 2. The molecule has 3 aromatic heterocycles. The molecule has 0 fully saturated rings. The van der Waals surface area contributed by atoms with E-state index in [0.29, 0.717) is 22.7 Å². The van der Waals surface area contributed by atoms with Crippen LogP contribution >= 0.6 is 22.7 Å². The Balaban J connectivity index is 1.47. The van der Waals surface area contributed by atoms with Crippen molar-refractivity contribution in [2.75, 3.05) is 14.2 Å². The van der Waals surface area contributed by atoms with Crippen LogP contribution in [-0.2, 0) is 6.54 Å². The molecule has 0 bridgehead atoms. The van der Waals surface area contributed by atoms with Crippen LogP contribution in [0.25, 0.3) is 31.2 Å². The van der Waals surface area contributed by atoms with E-state index in [1.54, 1.807) is 25.1 Å². The van der Waals surface area contributed by atoms with Crippen LogP contribution in [0.1, 0.15) is 5.69 Å². The first-order chi connectivity index (χ1) is 15.7. The number of para-hydroxylation sites is 1. The zero-order valence-corrected chi connectivity index (χ0v) is 19.1. The number of benzene rings is 2. The molecule has 160 valence electrons. The summed E-state index contributed by atoms with van der Waals surface area (Å²) in [6.45, 7) is 0.350. The summed E-state index contributed by atoms with van der Waals surface area (Å²) in [7, 11) is 3.22. The second-order valence-electron chi connectivity index (χ2n) is 7.05. The zero-order valence-electron chi connectivity index (χ0n) is 17.4. The molecule has 8 heteroatoms. The van der Waals surface area contributed by atoms with Crippen molar-refractivity contribution in [3.05, 3.63) is 82.4 Å². The Morgan fingerprint density at radius 2 is 1.88 bits per heavy atom. The van der Waals surface area contributed by atoms with Crippen molar-refractivity contribution < 1.29 is 9.47 Å². The SMILES string of the molecule is COc1cccc(-c2nc(Cn3cnc4cc(-c5ccccc5)sc4c3=O)cs2)c1OC. The number of rotatable bonds is 6. The minimum atomic E-state index is -0.0595. The van der Waals surface area contributed by atoms with E-state index in [4.69, 9.17) is 14.5 Å². The maximum absolute atomic E-state index is 13.1. The Kier molecular flexibility index (Phi) is 5.46. The lowest BCUT2D eigenvalue weighted by Gasteiger charge is -2.10. The molecule has 5 rings (SSSR count). The van der Waals surface area contributed by atoms with Gasteiger partial charge in [-0.15, -0.1) is 22.7 Å². The fourth-order valence-electron chi connectivity index (χ4n) is 3.54. The fourth-order valence-corrected chi connectivity index (χ4v) is 5.43. The Morgan fingerprint density at radius 3 is 2.66 bits per heavy atom. The van der Waals surface area contributed by atoms with Crippen LogP contribution in [0.4, 0.5) is 0 Å². The first-order valence-electron chi connectivity index (χ1n) is 9.88. The van der Waals surface area contributed by atoms with Gasteiger partial charge in [0, 0.05) is 10.3 Å². The third-order valence-electron chi connectivity index (χ3n) is 5.08. The number of fused-ring (bicyclic) bond motifs is 1. The van der Waals surface area contributed by atoms with Crippen LogP contribution in [0.5, 0.6) is 11.5 Å². The van der Waals surface area contributed by atoms with Gasteiger partial charge >= 0.3 is 0 Å². The van der Waals surface area contributed by atoms with Gasteiger partial charge in [-0.25, -0.2) is 9.97 Å². The maximum atomic E-state index is 13.1. The van der Waals surface area contributed by atoms with Crippen LogP contribution in [0, 0.1) is 0 Å². The summed E-state index contributed by atoms with van der Waals surface area (Å²) in [5.74, 6) is 1.29. The molecule has 0 N–H and O–H groups in total. The van der Waals surface area contributed by atoms with E-state index in [-0.39, 0.29) is 5.56 Å². The number of aromatic nitrogens is 3. The molecule has 5 aromatic rings. The summed E-state index contributed by atoms with van der Waals surface area (Å²) in [5, 5.41) is 2.76. The lowest BCUT2D eigenvalue weighted by atomic mass is 10.2. The molecule has 2 aromatic carbocycles. The van der Waals surface area contributed by atoms with E-state index in [9.17, 15) is 4.79 Å². The predicted molar refractivity (Wildman–Crippen MR) is 129 cm³/mol. The predicted octanol–water partition coefficient (Wildman–Crippen LogP) is 5.31. The first-order valence-corrected chi connectivity index (χ1v) is 11.6. The zero-order chi connectivity index (χ0) is 22.1. The van der Waals surface area contributed by atoms with Gasteiger partial charge in [0.05, 0.1) is 43.9 Å². The van der Waals surface area contributed by atoms with Gasteiger partial charge in [-0.3, -0.25) is 9.36 Å². The summed E-state index contributed by atoms with van der Waals surface area (Å²) in [5.41, 5.74) is 3.39. The highest BCUT2D eigenvalue weighted by atomic mass is 32.1. The van der Waals surface area contributed by atoms with E-state index >= 15 is 0 Å². The van der Waals surface area contributed by atoms with Crippen LogP contribution < -0.4 is 15.0 Å². The van der Waals surface area contributed by atoms with Crippen LogP contribution in [-0.4, -0.2) is 28.8 Å². The molecule has 0 aliphatic heterocycles. The molecule has 6 nitrogen and oxygen atoms in total. The maximum Gasteiger partial charge on any atom is 0.271 e. The molecule has 0 atom stereocenters. The van der Waals surface area contributed by atoms with E-state index in [1.807, 2.05) is 60.0 Å². The molecule has 0 spiro atoms. The minimum Gasteiger partial charge on any atom is -0.493 e. The molecular weight excluding hydrogens is 442 g/mol. The molecule has 0 saturated heterocycles. The highest BCUT2D eigenvalue weighted by Gasteiger charge is 2.16. The van der Waals surface area contributed by atoms with E-state index in [0.717, 1.165) is 32.2 Å². The Labute approximate surface area is 192 Å². The van der Waals surface area contributed by atoms with Crippen molar-refractivity contribution in [2.45, 2.75) is 6.54 Å². The van der Waals surface area contributed by atoms with Gasteiger partial charge in [-0.2, -0.15) is 0 Å². The molecule has 0 unspecified atom stereocenters. The number of thiophene rings is 1. The Morgan fingerprint density at radius 1 is 1.03 bits per heavy atom. The van der Waals surface area contributed by atoms with Crippen molar-refractivity contribution in [1.29, 1.82) is 0 Å². The first kappa shape index (κ1) is 20.4. The standard InChI is InChI=1S/C24H19N3O3S2/c1-29-19-10-6-9-17(21(19)30-2)23-26-16(13-31-23)12-27-14-25-18-11-20(32-22(18)24(27)28)15-7-4-3-5-8-15/h3-11,13-14H,12H2,1-2H3.